The van der Waals surface area contributed by atoms with Crippen molar-refractivity contribution in [1.29, 1.82) is 0 Å². The summed E-state index contributed by atoms with van der Waals surface area (Å²) in [7, 11) is 4.17. The van der Waals surface area contributed by atoms with Crippen LogP contribution >= 0.6 is 0 Å². The molecule has 0 amide bonds. The molecule has 1 aliphatic heterocycles. The summed E-state index contributed by atoms with van der Waals surface area (Å²) in [5, 5.41) is 0. The SMILES string of the molecule is CN(C)C1(Cc2ccccc2)C=CC=CC1(C(=O)c1ccccc1)c1ccc(N2CCOCC2)cc1. The standard InChI is InChI=1S/C32H34N2O2/c1-33(2)31(25-26-11-5-3-6-12-26)19-9-10-20-32(31,30(35)27-13-7-4-8-14-27)28-15-17-29(18-16-28)34-21-23-36-24-22-34/h3-20H,21-25H2,1-2H3. The van der Waals surface area contributed by atoms with E-state index in [4.69, 9.17) is 4.74 Å². The number of hydrogen-bond donors (Lipinski definition) is 0. The number of ketones is 1. The van der Waals surface area contributed by atoms with E-state index in [1.807, 2.05) is 42.5 Å². The molecular formula is C32H34N2O2. The Hall–Kier alpha value is -3.47. The van der Waals surface area contributed by atoms with Crippen LogP contribution in [0, 0.1) is 0 Å². The number of likely N-dealkylation sites (N-methyl/N-ethyl adjacent to an activating group) is 1. The Kier molecular flexibility index (Phi) is 6.90. The summed E-state index contributed by atoms with van der Waals surface area (Å²) in [6.45, 7) is 3.25. The Labute approximate surface area is 214 Å². The van der Waals surface area contributed by atoms with Crippen molar-refractivity contribution in [2.45, 2.75) is 17.4 Å². The highest BCUT2D eigenvalue weighted by Gasteiger charge is 2.56. The third-order valence-electron chi connectivity index (χ3n) is 7.72. The Morgan fingerprint density at radius 3 is 2.08 bits per heavy atom. The van der Waals surface area contributed by atoms with Crippen LogP contribution in [0.3, 0.4) is 0 Å². The molecule has 4 nitrogen and oxygen atoms in total. The third-order valence-corrected chi connectivity index (χ3v) is 7.72. The van der Waals surface area contributed by atoms with Gasteiger partial charge in [-0.25, -0.2) is 0 Å². The summed E-state index contributed by atoms with van der Waals surface area (Å²) in [6, 6.07) is 28.8. The molecule has 1 saturated heterocycles. The number of rotatable bonds is 7. The number of morpholine rings is 1. The van der Waals surface area contributed by atoms with E-state index < -0.39 is 11.0 Å². The molecule has 3 aromatic carbocycles. The highest BCUT2D eigenvalue weighted by Crippen LogP contribution is 2.48. The minimum absolute atomic E-state index is 0.104. The van der Waals surface area contributed by atoms with Crippen molar-refractivity contribution in [3.8, 4) is 0 Å². The number of ether oxygens (including phenoxy) is 1. The minimum Gasteiger partial charge on any atom is -0.378 e. The predicted molar refractivity (Wildman–Crippen MR) is 147 cm³/mol. The Morgan fingerprint density at radius 1 is 0.833 bits per heavy atom. The number of Topliss-reactive ketones (excluding diaryl/α,β-unsaturated/α-hetero) is 1. The fourth-order valence-corrected chi connectivity index (χ4v) is 5.78. The number of nitrogens with zero attached hydrogens (tertiary/aromatic N) is 2. The van der Waals surface area contributed by atoms with Gasteiger partial charge >= 0.3 is 0 Å². The zero-order valence-electron chi connectivity index (χ0n) is 21.1. The van der Waals surface area contributed by atoms with Gasteiger partial charge in [0.1, 0.15) is 0 Å². The molecule has 1 fully saturated rings. The number of allylic oxidation sites excluding steroid dienone is 2. The first-order chi connectivity index (χ1) is 17.6. The highest BCUT2D eigenvalue weighted by atomic mass is 16.5. The first-order valence-corrected chi connectivity index (χ1v) is 12.7. The van der Waals surface area contributed by atoms with Gasteiger partial charge in [0.2, 0.25) is 0 Å². The van der Waals surface area contributed by atoms with Gasteiger partial charge in [-0.3, -0.25) is 9.69 Å². The first-order valence-electron chi connectivity index (χ1n) is 12.7. The predicted octanol–water partition coefficient (Wildman–Crippen LogP) is 5.31. The number of carbonyl (C=O) groups excluding carboxylic acids is 1. The van der Waals surface area contributed by atoms with Gasteiger partial charge in [-0.2, -0.15) is 0 Å². The summed E-state index contributed by atoms with van der Waals surface area (Å²) >= 11 is 0. The molecule has 1 heterocycles. The monoisotopic (exact) mass is 478 g/mol. The second kappa shape index (κ2) is 10.3. The summed E-state index contributed by atoms with van der Waals surface area (Å²) in [6.07, 6.45) is 9.16. The molecule has 0 saturated carbocycles. The molecule has 2 aliphatic rings. The second-order valence-corrected chi connectivity index (χ2v) is 9.85. The van der Waals surface area contributed by atoms with Crippen LogP contribution in [0.15, 0.2) is 109 Å². The number of benzene rings is 3. The maximum atomic E-state index is 14.7. The minimum atomic E-state index is -0.911. The normalized spacial score (nSPS) is 23.7. The van der Waals surface area contributed by atoms with Crippen LogP contribution in [0.4, 0.5) is 5.69 Å². The van der Waals surface area contributed by atoms with E-state index in [1.54, 1.807) is 0 Å². The van der Waals surface area contributed by atoms with E-state index in [1.165, 1.54) is 11.3 Å². The summed E-state index contributed by atoms with van der Waals surface area (Å²) in [4.78, 5) is 19.2. The lowest BCUT2D eigenvalue weighted by molar-refractivity contribution is 0.0695. The lowest BCUT2D eigenvalue weighted by Crippen LogP contribution is -2.63. The van der Waals surface area contributed by atoms with Gasteiger partial charge in [0.05, 0.1) is 24.2 Å². The molecule has 36 heavy (non-hydrogen) atoms. The molecule has 0 radical (unpaired) electrons. The Bertz CT molecular complexity index is 1230. The Morgan fingerprint density at radius 2 is 1.44 bits per heavy atom. The third kappa shape index (κ3) is 4.21. The molecule has 4 heteroatoms. The van der Waals surface area contributed by atoms with Gasteiger partial charge in [-0.1, -0.05) is 97.1 Å². The number of carbonyl (C=O) groups is 1. The average molecular weight is 479 g/mol. The lowest BCUT2D eigenvalue weighted by Gasteiger charge is -2.52. The van der Waals surface area contributed by atoms with Gasteiger partial charge in [-0.15, -0.1) is 0 Å². The summed E-state index contributed by atoms with van der Waals surface area (Å²) in [5.41, 5.74) is 2.56. The van der Waals surface area contributed by atoms with Gasteiger partial charge in [0.25, 0.3) is 0 Å². The van der Waals surface area contributed by atoms with E-state index in [0.717, 1.165) is 31.9 Å². The fourth-order valence-electron chi connectivity index (χ4n) is 5.78. The van der Waals surface area contributed by atoms with Crippen molar-refractivity contribution < 1.29 is 9.53 Å². The highest BCUT2D eigenvalue weighted by molar-refractivity contribution is 6.07. The van der Waals surface area contributed by atoms with Crippen molar-refractivity contribution in [2.24, 2.45) is 0 Å². The first kappa shape index (κ1) is 24.2. The van der Waals surface area contributed by atoms with E-state index in [9.17, 15) is 4.79 Å². The molecule has 1 aliphatic carbocycles. The number of anilines is 1. The van der Waals surface area contributed by atoms with Crippen molar-refractivity contribution >= 4 is 11.5 Å². The van der Waals surface area contributed by atoms with Gasteiger partial charge in [0.15, 0.2) is 5.78 Å². The van der Waals surface area contributed by atoms with Crippen LogP contribution < -0.4 is 4.90 Å². The van der Waals surface area contributed by atoms with Crippen molar-refractivity contribution in [1.82, 2.24) is 4.90 Å². The topological polar surface area (TPSA) is 32.8 Å². The maximum absolute atomic E-state index is 14.7. The van der Waals surface area contributed by atoms with E-state index >= 15 is 0 Å². The van der Waals surface area contributed by atoms with Crippen LogP contribution in [0.2, 0.25) is 0 Å². The second-order valence-electron chi connectivity index (χ2n) is 9.85. The van der Waals surface area contributed by atoms with Crippen LogP contribution in [0.25, 0.3) is 0 Å². The zero-order chi connectivity index (χ0) is 25.0. The smallest absolute Gasteiger partial charge is 0.179 e. The van der Waals surface area contributed by atoms with Crippen molar-refractivity contribution in [3.63, 3.8) is 0 Å². The molecule has 0 spiro atoms. The van der Waals surface area contributed by atoms with Crippen LogP contribution in [-0.4, -0.2) is 56.6 Å². The summed E-state index contributed by atoms with van der Waals surface area (Å²) in [5.74, 6) is 0.104. The van der Waals surface area contributed by atoms with Crippen molar-refractivity contribution in [3.05, 3.63) is 126 Å². The fraction of sp³-hybridized carbons (Fsp3) is 0.281. The lowest BCUT2D eigenvalue weighted by atomic mass is 9.57. The molecule has 0 N–H and O–H groups in total. The van der Waals surface area contributed by atoms with Crippen LogP contribution in [0.5, 0.6) is 0 Å². The molecule has 3 aromatic rings. The molecule has 5 rings (SSSR count). The largest absolute Gasteiger partial charge is 0.378 e. The van der Waals surface area contributed by atoms with Gasteiger partial charge in [-0.05, 0) is 43.8 Å². The van der Waals surface area contributed by atoms with Gasteiger partial charge in [0, 0.05) is 24.3 Å². The molecule has 184 valence electrons. The molecule has 0 aromatic heterocycles. The van der Waals surface area contributed by atoms with E-state index in [-0.39, 0.29) is 5.78 Å². The molecule has 2 atom stereocenters. The molecule has 0 bridgehead atoms. The van der Waals surface area contributed by atoms with Crippen molar-refractivity contribution in [2.75, 3.05) is 45.3 Å². The molecule has 2 unspecified atom stereocenters. The zero-order valence-corrected chi connectivity index (χ0v) is 21.1. The van der Waals surface area contributed by atoms with Gasteiger partial charge < -0.3 is 9.64 Å². The van der Waals surface area contributed by atoms with E-state index in [0.29, 0.717) is 12.0 Å². The average Bonchev–Trinajstić information content (AvgIpc) is 2.94. The Balaban J connectivity index is 1.68. The maximum Gasteiger partial charge on any atom is 0.179 e. The van der Waals surface area contributed by atoms with Crippen LogP contribution in [-0.2, 0) is 16.6 Å². The quantitative estimate of drug-likeness (QED) is 0.431. The van der Waals surface area contributed by atoms with Crippen LogP contribution in [0.1, 0.15) is 21.5 Å². The van der Waals surface area contributed by atoms with E-state index in [2.05, 4.69) is 90.7 Å². The summed E-state index contributed by atoms with van der Waals surface area (Å²) < 4.78 is 5.54. The molecular weight excluding hydrogens is 444 g/mol. The number of hydrogen-bond acceptors (Lipinski definition) is 4.